The van der Waals surface area contributed by atoms with Crippen LogP contribution in [0.3, 0.4) is 0 Å². The van der Waals surface area contributed by atoms with Gasteiger partial charge in [0.25, 0.3) is 0 Å². The van der Waals surface area contributed by atoms with E-state index in [-0.39, 0.29) is 18.4 Å². The molecule has 1 aromatic rings. The summed E-state index contributed by atoms with van der Waals surface area (Å²) in [7, 11) is 0. The first kappa shape index (κ1) is 15.2. The van der Waals surface area contributed by atoms with Gasteiger partial charge in [-0.15, -0.1) is 0 Å². The fourth-order valence-corrected chi connectivity index (χ4v) is 2.74. The number of rotatable bonds is 3. The van der Waals surface area contributed by atoms with Gasteiger partial charge >= 0.3 is 5.97 Å². The van der Waals surface area contributed by atoms with Gasteiger partial charge in [-0.05, 0) is 30.2 Å². The zero-order chi connectivity index (χ0) is 16.6. The number of anilines is 1. The Balaban J connectivity index is 1.95. The van der Waals surface area contributed by atoms with Crippen LogP contribution in [-0.4, -0.2) is 30.1 Å². The lowest BCUT2D eigenvalue weighted by Gasteiger charge is -2.22. The molecule has 0 radical (unpaired) electrons. The highest BCUT2D eigenvalue weighted by atomic mass is 16.5. The van der Waals surface area contributed by atoms with Crippen LogP contribution in [0.15, 0.2) is 23.3 Å². The molecule has 7 heteroatoms. The molecule has 0 bridgehead atoms. The fourth-order valence-electron chi connectivity index (χ4n) is 2.74. The normalized spacial score (nSPS) is 22.8. The molecule has 1 aromatic carbocycles. The van der Waals surface area contributed by atoms with E-state index in [0.717, 1.165) is 16.8 Å². The first-order chi connectivity index (χ1) is 10.9. The second kappa shape index (κ2) is 5.49. The summed E-state index contributed by atoms with van der Waals surface area (Å²) < 4.78 is 5.07. The number of hydrogen-bond donors (Lipinski definition) is 2. The van der Waals surface area contributed by atoms with Crippen molar-refractivity contribution in [2.24, 2.45) is 5.10 Å². The largest absolute Gasteiger partial charge is 0.464 e. The fraction of sp³-hybridized carbons (Fsp3) is 0.375. The molecular weight excluding hydrogens is 298 g/mol. The maximum absolute atomic E-state index is 12.3. The number of fused-ring (bicyclic) bond motifs is 1. The topological polar surface area (TPSA) is 96.9 Å². The minimum absolute atomic E-state index is 0.0200. The van der Waals surface area contributed by atoms with Crippen LogP contribution in [0.2, 0.25) is 0 Å². The van der Waals surface area contributed by atoms with E-state index in [1.807, 2.05) is 12.1 Å². The van der Waals surface area contributed by atoms with Crippen LogP contribution in [0.25, 0.3) is 0 Å². The molecule has 0 saturated carbocycles. The van der Waals surface area contributed by atoms with Gasteiger partial charge in [-0.25, -0.2) is 5.43 Å². The molecule has 0 spiro atoms. The van der Waals surface area contributed by atoms with Gasteiger partial charge in [0.2, 0.25) is 11.8 Å². The molecule has 2 heterocycles. The van der Waals surface area contributed by atoms with Gasteiger partial charge in [0, 0.05) is 25.5 Å². The SMILES string of the molecule is CC(=O)OCC1(C)C(=O)Nc2ccc(C3=NNC(=O)CC3)cc21. The molecule has 1 atom stereocenters. The second-order valence-electron chi connectivity index (χ2n) is 5.92. The number of benzene rings is 1. The molecule has 0 aromatic heterocycles. The average molecular weight is 315 g/mol. The molecule has 7 nitrogen and oxygen atoms in total. The van der Waals surface area contributed by atoms with E-state index < -0.39 is 11.4 Å². The first-order valence-corrected chi connectivity index (χ1v) is 7.35. The quantitative estimate of drug-likeness (QED) is 0.816. The van der Waals surface area contributed by atoms with E-state index in [2.05, 4.69) is 15.8 Å². The average Bonchev–Trinajstić information content (AvgIpc) is 2.77. The van der Waals surface area contributed by atoms with Crippen LogP contribution in [0.4, 0.5) is 5.69 Å². The Labute approximate surface area is 133 Å². The smallest absolute Gasteiger partial charge is 0.302 e. The molecule has 1 unspecified atom stereocenters. The second-order valence-corrected chi connectivity index (χ2v) is 5.92. The Morgan fingerprint density at radius 3 is 2.78 bits per heavy atom. The van der Waals surface area contributed by atoms with Crippen molar-refractivity contribution in [3.63, 3.8) is 0 Å². The number of nitrogens with one attached hydrogen (secondary N) is 2. The highest BCUT2D eigenvalue weighted by Gasteiger charge is 2.44. The van der Waals surface area contributed by atoms with Crippen molar-refractivity contribution in [2.75, 3.05) is 11.9 Å². The van der Waals surface area contributed by atoms with Gasteiger partial charge in [-0.2, -0.15) is 5.10 Å². The van der Waals surface area contributed by atoms with Crippen molar-refractivity contribution >= 4 is 29.2 Å². The van der Waals surface area contributed by atoms with Gasteiger partial charge in [0.15, 0.2) is 0 Å². The first-order valence-electron chi connectivity index (χ1n) is 7.35. The molecule has 23 heavy (non-hydrogen) atoms. The van der Waals surface area contributed by atoms with E-state index in [4.69, 9.17) is 4.74 Å². The van der Waals surface area contributed by atoms with E-state index in [1.165, 1.54) is 6.92 Å². The molecule has 0 fully saturated rings. The van der Waals surface area contributed by atoms with Crippen molar-refractivity contribution in [1.29, 1.82) is 0 Å². The van der Waals surface area contributed by atoms with Gasteiger partial charge < -0.3 is 10.1 Å². The third-order valence-corrected chi connectivity index (χ3v) is 4.17. The molecule has 2 N–H and O–H groups in total. The number of nitrogens with zero attached hydrogens (tertiary/aromatic N) is 1. The van der Waals surface area contributed by atoms with Crippen LogP contribution < -0.4 is 10.7 Å². The third-order valence-electron chi connectivity index (χ3n) is 4.17. The Hall–Kier alpha value is -2.70. The Kier molecular flexibility index (Phi) is 3.63. The highest BCUT2D eigenvalue weighted by Crippen LogP contribution is 2.38. The van der Waals surface area contributed by atoms with Crippen molar-refractivity contribution in [2.45, 2.75) is 32.1 Å². The van der Waals surface area contributed by atoms with Crippen LogP contribution in [-0.2, 0) is 24.5 Å². The van der Waals surface area contributed by atoms with E-state index in [9.17, 15) is 14.4 Å². The summed E-state index contributed by atoms with van der Waals surface area (Å²) in [6, 6.07) is 5.53. The van der Waals surface area contributed by atoms with Gasteiger partial charge in [-0.3, -0.25) is 14.4 Å². The van der Waals surface area contributed by atoms with Crippen molar-refractivity contribution in [3.8, 4) is 0 Å². The van der Waals surface area contributed by atoms with Gasteiger partial charge in [0.1, 0.15) is 12.0 Å². The number of carbonyl (C=O) groups is 3. The Morgan fingerprint density at radius 2 is 2.13 bits per heavy atom. The zero-order valence-corrected chi connectivity index (χ0v) is 12.9. The number of carbonyl (C=O) groups excluding carboxylic acids is 3. The van der Waals surface area contributed by atoms with Crippen molar-refractivity contribution < 1.29 is 19.1 Å². The molecule has 120 valence electrons. The van der Waals surface area contributed by atoms with Crippen LogP contribution >= 0.6 is 0 Å². The van der Waals surface area contributed by atoms with E-state index >= 15 is 0 Å². The Morgan fingerprint density at radius 1 is 1.35 bits per heavy atom. The lowest BCUT2D eigenvalue weighted by Crippen LogP contribution is -2.36. The number of esters is 1. The third kappa shape index (κ3) is 2.69. The lowest BCUT2D eigenvalue weighted by molar-refractivity contribution is -0.143. The lowest BCUT2D eigenvalue weighted by atomic mass is 9.83. The summed E-state index contributed by atoms with van der Waals surface area (Å²) in [5, 5.41) is 6.88. The maximum Gasteiger partial charge on any atom is 0.302 e. The molecule has 3 rings (SSSR count). The monoisotopic (exact) mass is 315 g/mol. The molecular formula is C16H17N3O4. The molecule has 2 aliphatic heterocycles. The van der Waals surface area contributed by atoms with Gasteiger partial charge in [0.05, 0.1) is 5.71 Å². The molecule has 0 saturated heterocycles. The summed E-state index contributed by atoms with van der Waals surface area (Å²) in [6.45, 7) is 3.03. The number of amides is 2. The summed E-state index contributed by atoms with van der Waals surface area (Å²) in [6.07, 6.45) is 0.935. The number of hydrogen-bond acceptors (Lipinski definition) is 5. The van der Waals surface area contributed by atoms with Crippen molar-refractivity contribution in [3.05, 3.63) is 29.3 Å². The molecule has 2 aliphatic rings. The number of ether oxygens (including phenoxy) is 1. The zero-order valence-electron chi connectivity index (χ0n) is 12.9. The number of hydrazone groups is 1. The maximum atomic E-state index is 12.3. The standard InChI is InChI=1S/C16H17N3O4/c1-9(20)23-8-16(2)11-7-10(3-4-13(11)17-15(16)22)12-5-6-14(21)19-18-12/h3-4,7H,5-6,8H2,1-2H3,(H,17,22)(H,19,21). The van der Waals surface area contributed by atoms with Crippen LogP contribution in [0, 0.1) is 0 Å². The minimum Gasteiger partial charge on any atom is -0.464 e. The van der Waals surface area contributed by atoms with Crippen LogP contribution in [0.5, 0.6) is 0 Å². The van der Waals surface area contributed by atoms with E-state index in [1.54, 1.807) is 13.0 Å². The van der Waals surface area contributed by atoms with Gasteiger partial charge in [-0.1, -0.05) is 6.07 Å². The van der Waals surface area contributed by atoms with Crippen molar-refractivity contribution in [1.82, 2.24) is 5.43 Å². The summed E-state index contributed by atoms with van der Waals surface area (Å²) in [5.74, 6) is -0.737. The molecule has 0 aliphatic carbocycles. The summed E-state index contributed by atoms with van der Waals surface area (Å²) >= 11 is 0. The van der Waals surface area contributed by atoms with E-state index in [0.29, 0.717) is 18.5 Å². The predicted molar refractivity (Wildman–Crippen MR) is 83.0 cm³/mol. The minimum atomic E-state index is -0.935. The summed E-state index contributed by atoms with van der Waals surface area (Å²) in [5.41, 5.74) is 4.60. The molecule has 2 amide bonds. The Bertz CT molecular complexity index is 741. The van der Waals surface area contributed by atoms with Crippen LogP contribution in [0.1, 0.15) is 37.8 Å². The highest BCUT2D eigenvalue weighted by molar-refractivity contribution is 6.09. The predicted octanol–water partition coefficient (Wildman–Crippen LogP) is 1.07. The summed E-state index contributed by atoms with van der Waals surface area (Å²) in [4.78, 5) is 34.6.